The SMILES string of the molecule is COc1ccc2c(c1)c1cc3c(c(C)c1n2C)C(=O)N(CCCCNCCCN1C(=O)c2cc4c5cc(OC)ccc5n(C)c4c(C)c2C1=O)C3=O.CS(=O)(=O)O. The Morgan fingerprint density at radius 1 is 0.614 bits per heavy atom. The summed E-state index contributed by atoms with van der Waals surface area (Å²) in [5.74, 6) is 0.459. The number of methoxy groups -OCH3 is 2. The summed E-state index contributed by atoms with van der Waals surface area (Å²) in [5, 5.41) is 7.21. The van der Waals surface area contributed by atoms with Crippen molar-refractivity contribution < 1.29 is 41.6 Å². The number of rotatable bonds is 11. The van der Waals surface area contributed by atoms with Crippen molar-refractivity contribution >= 4 is 77.4 Å². The standard InChI is InChI=1S/C41H41N5O6.CH4O3S/c1-22-34-30(20-28-26-18-24(51-5)10-12-32(26)43(3)36(22)28)38(47)45(40(34)49)16-8-7-14-42-15-9-17-46-39(48)31-21-29-27-19-25(52-6)11-13-33(27)44(4)37(29)23(2)35(31)41(46)50;1-5(2,3)4/h10-13,18-21,42H,7-9,14-17H2,1-6H3;1H3,(H,2,3,4). The summed E-state index contributed by atoms with van der Waals surface area (Å²) in [6.45, 7) is 5.79. The van der Waals surface area contributed by atoms with Crippen LogP contribution in [0.1, 0.15) is 71.8 Å². The molecule has 0 unspecified atom stereocenters. The second kappa shape index (κ2) is 15.0. The zero-order valence-electron chi connectivity index (χ0n) is 33.0. The van der Waals surface area contributed by atoms with E-state index in [4.69, 9.17) is 14.0 Å². The average molecular weight is 796 g/mol. The molecule has 0 fully saturated rings. The van der Waals surface area contributed by atoms with Crippen molar-refractivity contribution in [3.63, 3.8) is 0 Å². The molecule has 0 aliphatic carbocycles. The van der Waals surface area contributed by atoms with Gasteiger partial charge in [-0.05, 0) is 106 Å². The van der Waals surface area contributed by atoms with Gasteiger partial charge in [0, 0.05) is 59.8 Å². The number of imide groups is 2. The van der Waals surface area contributed by atoms with Gasteiger partial charge in [0.05, 0.1) is 53.8 Å². The zero-order chi connectivity index (χ0) is 41.1. The molecule has 6 aromatic rings. The molecular weight excluding hydrogens is 751 g/mol. The monoisotopic (exact) mass is 795 g/mol. The Kier molecular flexibility index (Phi) is 10.4. The highest BCUT2D eigenvalue weighted by Crippen LogP contribution is 2.40. The molecule has 0 spiro atoms. The molecule has 2 aliphatic rings. The van der Waals surface area contributed by atoms with Crippen molar-refractivity contribution in [3.8, 4) is 11.5 Å². The number of hydrogen-bond donors (Lipinski definition) is 2. The number of carbonyl (C=O) groups excluding carboxylic acids is 4. The minimum Gasteiger partial charge on any atom is -0.497 e. The van der Waals surface area contributed by atoms with Gasteiger partial charge in [-0.15, -0.1) is 0 Å². The fourth-order valence-corrected chi connectivity index (χ4v) is 8.48. The van der Waals surface area contributed by atoms with Crippen LogP contribution < -0.4 is 14.8 Å². The Hall–Kier alpha value is -5.77. The first-order valence-corrected chi connectivity index (χ1v) is 20.5. The van der Waals surface area contributed by atoms with Crippen LogP contribution in [0.15, 0.2) is 48.5 Å². The van der Waals surface area contributed by atoms with E-state index in [1.54, 1.807) is 14.2 Å². The molecule has 4 amide bonds. The maximum atomic E-state index is 13.5. The molecule has 0 saturated heterocycles. The maximum Gasteiger partial charge on any atom is 0.261 e. The van der Waals surface area contributed by atoms with Gasteiger partial charge in [-0.3, -0.25) is 33.5 Å². The highest BCUT2D eigenvalue weighted by Gasteiger charge is 2.39. The molecule has 298 valence electrons. The number of aromatic nitrogens is 2. The number of amides is 4. The number of fused-ring (bicyclic) bond motifs is 8. The van der Waals surface area contributed by atoms with Crippen molar-refractivity contribution in [2.24, 2.45) is 14.1 Å². The smallest absolute Gasteiger partial charge is 0.261 e. The predicted molar refractivity (Wildman–Crippen MR) is 218 cm³/mol. The highest BCUT2D eigenvalue weighted by atomic mass is 32.2. The van der Waals surface area contributed by atoms with Gasteiger partial charge in [0.25, 0.3) is 33.7 Å². The number of aryl methyl sites for hydroxylation is 4. The van der Waals surface area contributed by atoms with Crippen LogP contribution in [0.25, 0.3) is 43.6 Å². The summed E-state index contributed by atoms with van der Waals surface area (Å²) in [6.07, 6.45) is 2.74. The van der Waals surface area contributed by atoms with E-state index >= 15 is 0 Å². The largest absolute Gasteiger partial charge is 0.497 e. The van der Waals surface area contributed by atoms with E-state index in [9.17, 15) is 27.6 Å². The van der Waals surface area contributed by atoms with Crippen LogP contribution in [-0.4, -0.2) is 102 Å². The van der Waals surface area contributed by atoms with Crippen molar-refractivity contribution in [2.45, 2.75) is 33.1 Å². The van der Waals surface area contributed by atoms with E-state index in [2.05, 4.69) is 14.5 Å². The molecule has 0 atom stereocenters. The number of hydrogen-bond acceptors (Lipinski definition) is 9. The minimum absolute atomic E-state index is 0.243. The number of nitrogens with zero attached hydrogens (tertiary/aromatic N) is 4. The first kappa shape index (κ1) is 39.5. The number of nitrogens with one attached hydrogen (secondary N) is 1. The van der Waals surface area contributed by atoms with Gasteiger partial charge >= 0.3 is 0 Å². The van der Waals surface area contributed by atoms with E-state index in [1.807, 2.05) is 76.5 Å². The van der Waals surface area contributed by atoms with Crippen molar-refractivity contribution in [3.05, 3.63) is 81.9 Å². The Morgan fingerprint density at radius 3 is 1.44 bits per heavy atom. The highest BCUT2D eigenvalue weighted by molar-refractivity contribution is 7.85. The van der Waals surface area contributed by atoms with Crippen LogP contribution in [0.3, 0.4) is 0 Å². The normalized spacial score (nSPS) is 14.0. The van der Waals surface area contributed by atoms with E-state index in [0.717, 1.165) is 72.7 Å². The molecule has 8 rings (SSSR count). The topological polar surface area (TPSA) is 169 Å². The molecule has 4 aromatic carbocycles. The minimum atomic E-state index is -3.67. The maximum absolute atomic E-state index is 13.5. The molecule has 0 radical (unpaired) electrons. The average Bonchev–Trinajstić information content (AvgIpc) is 3.79. The Labute approximate surface area is 329 Å². The molecular formula is C42H45N5O9S. The third-order valence-corrected chi connectivity index (χ3v) is 11.1. The number of unbranched alkanes of at least 4 members (excludes halogenated alkanes) is 1. The second-order valence-electron chi connectivity index (χ2n) is 14.6. The summed E-state index contributed by atoms with van der Waals surface area (Å²) in [4.78, 5) is 56.8. The third-order valence-electron chi connectivity index (χ3n) is 11.1. The van der Waals surface area contributed by atoms with Crippen LogP contribution >= 0.6 is 0 Å². The Balaban J connectivity index is 0.000000935. The quantitative estimate of drug-likeness (QED) is 0.0934. The number of ether oxygens (including phenoxy) is 2. The van der Waals surface area contributed by atoms with Gasteiger partial charge in [0.2, 0.25) is 0 Å². The van der Waals surface area contributed by atoms with Crippen molar-refractivity contribution in [2.75, 3.05) is 46.7 Å². The molecule has 2 N–H and O–H groups in total. The molecule has 0 bridgehead atoms. The summed E-state index contributed by atoms with van der Waals surface area (Å²) >= 11 is 0. The first-order valence-electron chi connectivity index (χ1n) is 18.6. The summed E-state index contributed by atoms with van der Waals surface area (Å²) in [7, 11) is 3.54. The lowest BCUT2D eigenvalue weighted by Gasteiger charge is -2.15. The van der Waals surface area contributed by atoms with Crippen molar-refractivity contribution in [1.29, 1.82) is 0 Å². The van der Waals surface area contributed by atoms with Crippen LogP contribution in [-0.2, 0) is 24.2 Å². The predicted octanol–water partition coefficient (Wildman–Crippen LogP) is 5.77. The number of benzene rings is 4. The Morgan fingerprint density at radius 2 is 1.02 bits per heavy atom. The van der Waals surface area contributed by atoms with Gasteiger partial charge in [0.1, 0.15) is 11.5 Å². The van der Waals surface area contributed by atoms with E-state index in [-0.39, 0.29) is 23.6 Å². The molecule has 0 saturated carbocycles. The Bertz CT molecular complexity index is 2620. The molecule has 2 aromatic heterocycles. The first-order chi connectivity index (χ1) is 27.1. The van der Waals surface area contributed by atoms with Gasteiger partial charge in [-0.2, -0.15) is 8.42 Å². The van der Waals surface area contributed by atoms with Gasteiger partial charge in [0.15, 0.2) is 0 Å². The fraction of sp³-hybridized carbons (Fsp3) is 0.333. The second-order valence-corrected chi connectivity index (χ2v) is 16.1. The lowest BCUT2D eigenvalue weighted by atomic mass is 9.99. The molecule has 2 aliphatic heterocycles. The zero-order valence-corrected chi connectivity index (χ0v) is 33.8. The molecule has 4 heterocycles. The molecule has 15 heteroatoms. The molecule has 14 nitrogen and oxygen atoms in total. The van der Waals surface area contributed by atoms with Crippen LogP contribution in [0.4, 0.5) is 0 Å². The van der Waals surface area contributed by atoms with Crippen LogP contribution in [0, 0.1) is 13.8 Å². The van der Waals surface area contributed by atoms with Crippen LogP contribution in [0.5, 0.6) is 11.5 Å². The third kappa shape index (κ3) is 6.78. The summed E-state index contributed by atoms with van der Waals surface area (Å²) in [6, 6.07) is 15.5. The molecule has 57 heavy (non-hydrogen) atoms. The number of carbonyl (C=O) groups is 4. The van der Waals surface area contributed by atoms with E-state index < -0.39 is 10.1 Å². The van der Waals surface area contributed by atoms with E-state index in [0.29, 0.717) is 67.5 Å². The van der Waals surface area contributed by atoms with E-state index in [1.165, 1.54) is 9.80 Å². The van der Waals surface area contributed by atoms with Crippen LogP contribution in [0.2, 0.25) is 0 Å². The van der Waals surface area contributed by atoms with Crippen molar-refractivity contribution in [1.82, 2.24) is 24.3 Å². The van der Waals surface area contributed by atoms with Gasteiger partial charge < -0.3 is 23.9 Å². The lowest BCUT2D eigenvalue weighted by molar-refractivity contribution is 0.0635. The lowest BCUT2D eigenvalue weighted by Crippen LogP contribution is -2.33. The summed E-state index contributed by atoms with van der Waals surface area (Å²) in [5.41, 5.74) is 7.37. The van der Waals surface area contributed by atoms with Gasteiger partial charge in [-0.1, -0.05) is 0 Å². The van der Waals surface area contributed by atoms with Gasteiger partial charge in [-0.25, -0.2) is 0 Å². The fourth-order valence-electron chi connectivity index (χ4n) is 8.48. The summed E-state index contributed by atoms with van der Waals surface area (Å²) < 4.78 is 40.9.